The average Bonchev–Trinajstić information content (AvgIpc) is 3.26. The predicted octanol–water partition coefficient (Wildman–Crippen LogP) is 3.16. The van der Waals surface area contributed by atoms with Gasteiger partial charge in [-0.3, -0.25) is 19.8 Å². The lowest BCUT2D eigenvalue weighted by Gasteiger charge is -2.34. The molecule has 2 aromatic carbocycles. The van der Waals surface area contributed by atoms with Gasteiger partial charge in [0.25, 0.3) is 5.69 Å². The number of anilines is 1. The van der Waals surface area contributed by atoms with E-state index in [2.05, 4.69) is 15.1 Å². The van der Waals surface area contributed by atoms with Gasteiger partial charge in [-0.2, -0.15) is 0 Å². The van der Waals surface area contributed by atoms with Crippen molar-refractivity contribution < 1.29 is 14.5 Å². The Morgan fingerprint density at radius 2 is 1.97 bits per heavy atom. The van der Waals surface area contributed by atoms with Crippen LogP contribution in [0.4, 0.5) is 10.8 Å². The van der Waals surface area contributed by atoms with E-state index in [9.17, 15) is 14.9 Å². The minimum atomic E-state index is -0.448. The number of rotatable bonds is 8. The minimum absolute atomic E-state index is 0.0278. The molecule has 1 aliphatic rings. The Hall–Kier alpha value is -3.50. The van der Waals surface area contributed by atoms with Gasteiger partial charge in [0.05, 0.1) is 22.2 Å². The number of nitro benzene ring substituents is 1. The summed E-state index contributed by atoms with van der Waals surface area (Å²) in [4.78, 5) is 31.7. The lowest BCUT2D eigenvalue weighted by atomic mass is 10.2. The number of nitrogens with zero attached hydrogens (tertiary/aromatic N) is 4. The van der Waals surface area contributed by atoms with Gasteiger partial charge >= 0.3 is 0 Å². The molecule has 0 atom stereocenters. The third-order valence-electron chi connectivity index (χ3n) is 5.49. The van der Waals surface area contributed by atoms with E-state index in [1.54, 1.807) is 36.7 Å². The number of hydrogen-bond acceptors (Lipinski definition) is 8. The molecule has 3 aromatic rings. The van der Waals surface area contributed by atoms with Crippen LogP contribution in [0.15, 0.2) is 48.5 Å². The molecule has 2 heterocycles. The number of aromatic nitrogens is 1. The molecule has 0 spiro atoms. The molecule has 1 aliphatic heterocycles. The smallest absolute Gasteiger partial charge is 0.269 e. The molecule has 4 rings (SSSR count). The van der Waals surface area contributed by atoms with Crippen molar-refractivity contribution in [3.63, 3.8) is 0 Å². The molecule has 1 fully saturated rings. The van der Waals surface area contributed by atoms with Gasteiger partial charge < -0.3 is 15.0 Å². The van der Waals surface area contributed by atoms with Crippen LogP contribution in [0.3, 0.4) is 0 Å². The Kier molecular flexibility index (Phi) is 7.16. The van der Waals surface area contributed by atoms with Crippen molar-refractivity contribution in [1.82, 2.24) is 15.2 Å². The van der Waals surface area contributed by atoms with Crippen LogP contribution in [0.25, 0.3) is 16.3 Å². The fraction of sp³-hybridized carbons (Fsp3) is 0.304. The molecule has 9 nitrogen and oxygen atoms in total. The SMILES string of the molecule is COc1ccc2nc(N3CCN(CCNC(=O)/C=C\c4ccc([N+](=O)[O-])cc4)CC3)sc2c1. The van der Waals surface area contributed by atoms with Crippen molar-refractivity contribution in [2.45, 2.75) is 0 Å². The third-order valence-corrected chi connectivity index (χ3v) is 6.56. The van der Waals surface area contributed by atoms with E-state index in [0.717, 1.165) is 59.4 Å². The maximum Gasteiger partial charge on any atom is 0.269 e. The summed E-state index contributed by atoms with van der Waals surface area (Å²) in [5.41, 5.74) is 1.75. The van der Waals surface area contributed by atoms with E-state index in [0.29, 0.717) is 6.54 Å². The molecule has 0 unspecified atom stereocenters. The van der Waals surface area contributed by atoms with Gasteiger partial charge in [0, 0.05) is 57.5 Å². The van der Waals surface area contributed by atoms with Crippen LogP contribution in [0.1, 0.15) is 5.56 Å². The molecule has 1 aromatic heterocycles. The molecular weight excluding hydrogens is 442 g/mol. The number of carbonyl (C=O) groups excluding carboxylic acids is 1. The zero-order valence-corrected chi connectivity index (χ0v) is 19.1. The van der Waals surface area contributed by atoms with Gasteiger partial charge in [-0.25, -0.2) is 4.98 Å². The summed E-state index contributed by atoms with van der Waals surface area (Å²) < 4.78 is 6.42. The van der Waals surface area contributed by atoms with Crippen LogP contribution in [0, 0.1) is 10.1 Å². The monoisotopic (exact) mass is 467 g/mol. The number of nitrogens with one attached hydrogen (secondary N) is 1. The fourth-order valence-electron chi connectivity index (χ4n) is 3.59. The molecule has 1 saturated heterocycles. The second-order valence-electron chi connectivity index (χ2n) is 7.63. The number of ether oxygens (including phenoxy) is 1. The largest absolute Gasteiger partial charge is 0.497 e. The number of methoxy groups -OCH3 is 1. The number of thiazole rings is 1. The highest BCUT2D eigenvalue weighted by atomic mass is 32.1. The molecule has 0 aliphatic carbocycles. The van der Waals surface area contributed by atoms with Gasteiger partial charge in [0.2, 0.25) is 5.91 Å². The summed E-state index contributed by atoms with van der Waals surface area (Å²) in [7, 11) is 1.67. The molecule has 0 radical (unpaired) electrons. The average molecular weight is 468 g/mol. The number of hydrogen-bond donors (Lipinski definition) is 1. The Labute approximate surface area is 195 Å². The zero-order chi connectivity index (χ0) is 23.2. The molecular formula is C23H25N5O4S. The van der Waals surface area contributed by atoms with Crippen molar-refractivity contribution in [3.05, 3.63) is 64.2 Å². The maximum atomic E-state index is 12.1. The highest BCUT2D eigenvalue weighted by molar-refractivity contribution is 7.22. The molecule has 10 heteroatoms. The van der Waals surface area contributed by atoms with E-state index in [1.165, 1.54) is 18.2 Å². The minimum Gasteiger partial charge on any atom is -0.497 e. The Morgan fingerprint density at radius 1 is 1.21 bits per heavy atom. The number of amides is 1. The van der Waals surface area contributed by atoms with Crippen LogP contribution >= 0.6 is 11.3 Å². The Bertz CT molecular complexity index is 1150. The standard InChI is InChI=1S/C23H25N5O4S/c1-32-19-7-8-20-21(16-19)33-23(25-20)27-14-12-26(13-15-27)11-10-24-22(29)9-4-17-2-5-18(6-3-17)28(30)31/h2-9,16H,10-15H2,1H3,(H,24,29)/b9-4-. The number of piperazine rings is 1. The summed E-state index contributed by atoms with van der Waals surface area (Å²) in [6.07, 6.45) is 3.09. The quantitative estimate of drug-likeness (QED) is 0.308. The molecule has 0 saturated carbocycles. The summed E-state index contributed by atoms with van der Waals surface area (Å²) in [5.74, 6) is 0.657. The van der Waals surface area contributed by atoms with E-state index >= 15 is 0 Å². The highest BCUT2D eigenvalue weighted by Crippen LogP contribution is 2.31. The van der Waals surface area contributed by atoms with E-state index < -0.39 is 4.92 Å². The van der Waals surface area contributed by atoms with Crippen molar-refractivity contribution >= 4 is 44.4 Å². The van der Waals surface area contributed by atoms with Gasteiger partial charge in [-0.05, 0) is 42.0 Å². The number of non-ortho nitro benzene ring substituents is 1. The maximum absolute atomic E-state index is 12.1. The number of nitro groups is 1. The molecule has 0 bridgehead atoms. The Balaban J connectivity index is 1.19. The van der Waals surface area contributed by atoms with Crippen molar-refractivity contribution in [2.75, 3.05) is 51.3 Å². The summed E-state index contributed by atoms with van der Waals surface area (Å²) in [5, 5.41) is 14.6. The summed E-state index contributed by atoms with van der Waals surface area (Å²) >= 11 is 1.68. The van der Waals surface area contributed by atoms with Gasteiger partial charge in [-0.15, -0.1) is 0 Å². The van der Waals surface area contributed by atoms with Crippen LogP contribution < -0.4 is 15.0 Å². The summed E-state index contributed by atoms with van der Waals surface area (Å²) in [6.45, 7) is 4.95. The molecule has 1 N–H and O–H groups in total. The second-order valence-corrected chi connectivity index (χ2v) is 8.64. The van der Waals surface area contributed by atoms with Crippen molar-refractivity contribution in [1.29, 1.82) is 0 Å². The molecule has 1 amide bonds. The topological polar surface area (TPSA) is 101 Å². The zero-order valence-electron chi connectivity index (χ0n) is 18.3. The van der Waals surface area contributed by atoms with E-state index in [-0.39, 0.29) is 11.6 Å². The van der Waals surface area contributed by atoms with Gasteiger partial charge in [0.15, 0.2) is 5.13 Å². The van der Waals surface area contributed by atoms with Crippen LogP contribution in [-0.4, -0.2) is 67.1 Å². The lowest BCUT2D eigenvalue weighted by Crippen LogP contribution is -2.48. The Morgan fingerprint density at radius 3 is 2.67 bits per heavy atom. The fourth-order valence-corrected chi connectivity index (χ4v) is 4.64. The normalized spacial score (nSPS) is 14.6. The van der Waals surface area contributed by atoms with Crippen molar-refractivity contribution in [3.8, 4) is 5.75 Å². The molecule has 172 valence electrons. The number of carbonyl (C=O) groups is 1. The number of benzene rings is 2. The van der Waals surface area contributed by atoms with Crippen LogP contribution in [0.5, 0.6) is 5.75 Å². The first-order chi connectivity index (χ1) is 16.0. The summed E-state index contributed by atoms with van der Waals surface area (Å²) in [6, 6.07) is 12.0. The van der Waals surface area contributed by atoms with Crippen molar-refractivity contribution in [2.24, 2.45) is 0 Å². The number of fused-ring (bicyclic) bond motifs is 1. The second kappa shape index (κ2) is 10.4. The third kappa shape index (κ3) is 5.85. The first-order valence-electron chi connectivity index (χ1n) is 10.6. The first-order valence-corrected chi connectivity index (χ1v) is 11.5. The van der Waals surface area contributed by atoms with E-state index in [1.807, 2.05) is 18.2 Å². The first kappa shape index (κ1) is 22.7. The lowest BCUT2D eigenvalue weighted by molar-refractivity contribution is -0.384. The van der Waals surface area contributed by atoms with Crippen LogP contribution in [0.2, 0.25) is 0 Å². The van der Waals surface area contributed by atoms with E-state index in [4.69, 9.17) is 9.72 Å². The predicted molar refractivity (Wildman–Crippen MR) is 130 cm³/mol. The highest BCUT2D eigenvalue weighted by Gasteiger charge is 2.19. The molecule has 33 heavy (non-hydrogen) atoms. The van der Waals surface area contributed by atoms with Crippen LogP contribution in [-0.2, 0) is 4.79 Å². The van der Waals surface area contributed by atoms with Gasteiger partial charge in [-0.1, -0.05) is 11.3 Å². The van der Waals surface area contributed by atoms with Gasteiger partial charge in [0.1, 0.15) is 5.75 Å².